The van der Waals surface area contributed by atoms with Crippen LogP contribution in [0.25, 0.3) is 5.69 Å². The van der Waals surface area contributed by atoms with Gasteiger partial charge in [-0.05, 0) is 30.7 Å². The molecule has 1 aromatic heterocycles. The lowest BCUT2D eigenvalue weighted by molar-refractivity contribution is 0.275. The smallest absolute Gasteiger partial charge is 0.112 e. The maximum atomic E-state index is 9.12. The zero-order valence-electron chi connectivity index (χ0n) is 8.89. The van der Waals surface area contributed by atoms with Crippen LogP contribution in [0.15, 0.2) is 24.3 Å². The molecule has 16 heavy (non-hydrogen) atoms. The first-order valence-electron chi connectivity index (χ1n) is 5.06. The monoisotopic (exact) mass is 237 g/mol. The van der Waals surface area contributed by atoms with Crippen LogP contribution < -0.4 is 0 Å². The van der Waals surface area contributed by atoms with Gasteiger partial charge in [-0.3, -0.25) is 0 Å². The molecule has 0 amide bonds. The van der Waals surface area contributed by atoms with E-state index in [0.717, 1.165) is 17.8 Å². The third kappa shape index (κ3) is 1.94. The van der Waals surface area contributed by atoms with E-state index in [4.69, 9.17) is 16.7 Å². The molecule has 0 spiro atoms. The molecule has 1 aromatic carbocycles. The zero-order chi connectivity index (χ0) is 11.5. The van der Waals surface area contributed by atoms with Crippen molar-refractivity contribution in [1.82, 2.24) is 15.0 Å². The average Bonchev–Trinajstić information content (AvgIpc) is 2.72. The molecule has 1 N–H and O–H groups in total. The third-order valence-electron chi connectivity index (χ3n) is 2.40. The van der Waals surface area contributed by atoms with Crippen molar-refractivity contribution in [3.8, 4) is 5.69 Å². The van der Waals surface area contributed by atoms with E-state index in [1.807, 2.05) is 19.1 Å². The van der Waals surface area contributed by atoms with Crippen molar-refractivity contribution >= 4 is 11.6 Å². The summed E-state index contributed by atoms with van der Waals surface area (Å²) in [6, 6.07) is 7.35. The average molecular weight is 238 g/mol. The van der Waals surface area contributed by atoms with Crippen LogP contribution in [0.5, 0.6) is 0 Å². The van der Waals surface area contributed by atoms with Crippen LogP contribution in [-0.4, -0.2) is 20.1 Å². The first kappa shape index (κ1) is 11.1. The van der Waals surface area contributed by atoms with Crippen LogP contribution in [0.3, 0.4) is 0 Å². The lowest BCUT2D eigenvalue weighted by atomic mass is 10.2. The number of rotatable bonds is 3. The molecule has 5 heteroatoms. The van der Waals surface area contributed by atoms with Gasteiger partial charge in [0, 0.05) is 5.02 Å². The highest BCUT2D eigenvalue weighted by molar-refractivity contribution is 6.30. The zero-order valence-corrected chi connectivity index (χ0v) is 9.65. The van der Waals surface area contributed by atoms with Gasteiger partial charge in [0.1, 0.15) is 5.69 Å². The minimum absolute atomic E-state index is 0.0865. The molecule has 4 nitrogen and oxygen atoms in total. The number of halogens is 1. The van der Waals surface area contributed by atoms with Crippen LogP contribution in [0.2, 0.25) is 5.02 Å². The predicted molar refractivity (Wildman–Crippen MR) is 61.7 cm³/mol. The van der Waals surface area contributed by atoms with Crippen molar-refractivity contribution < 1.29 is 5.11 Å². The van der Waals surface area contributed by atoms with E-state index in [-0.39, 0.29) is 6.61 Å². The first-order chi connectivity index (χ1) is 7.76. The van der Waals surface area contributed by atoms with Crippen molar-refractivity contribution in [2.24, 2.45) is 0 Å². The normalized spacial score (nSPS) is 10.7. The number of hydrogen-bond donors (Lipinski definition) is 1. The second-order valence-electron chi connectivity index (χ2n) is 3.38. The Balaban J connectivity index is 2.47. The Bertz CT molecular complexity index is 478. The summed E-state index contributed by atoms with van der Waals surface area (Å²) in [5.41, 5.74) is 2.44. The molecule has 2 aromatic rings. The Hall–Kier alpha value is -1.39. The fourth-order valence-corrected chi connectivity index (χ4v) is 1.73. The maximum Gasteiger partial charge on any atom is 0.112 e. The molecular weight excluding hydrogens is 226 g/mol. The summed E-state index contributed by atoms with van der Waals surface area (Å²) in [4.78, 5) is 0. The molecule has 0 atom stereocenters. The van der Waals surface area contributed by atoms with Gasteiger partial charge in [0.05, 0.1) is 18.0 Å². The van der Waals surface area contributed by atoms with E-state index in [0.29, 0.717) is 10.7 Å². The number of aliphatic hydroxyl groups excluding tert-OH is 1. The van der Waals surface area contributed by atoms with Gasteiger partial charge in [0.2, 0.25) is 0 Å². The van der Waals surface area contributed by atoms with Crippen LogP contribution in [0.1, 0.15) is 18.3 Å². The summed E-state index contributed by atoms with van der Waals surface area (Å²) in [6.45, 7) is 1.92. The molecule has 0 aliphatic carbocycles. The number of hydrogen-bond acceptors (Lipinski definition) is 3. The lowest BCUT2D eigenvalue weighted by Gasteiger charge is -2.05. The van der Waals surface area contributed by atoms with Crippen molar-refractivity contribution in [2.45, 2.75) is 20.0 Å². The summed E-state index contributed by atoms with van der Waals surface area (Å²) in [5, 5.41) is 17.8. The molecule has 84 valence electrons. The van der Waals surface area contributed by atoms with Crippen LogP contribution in [0, 0.1) is 0 Å². The Kier molecular flexibility index (Phi) is 3.22. The summed E-state index contributed by atoms with van der Waals surface area (Å²) in [7, 11) is 0. The second kappa shape index (κ2) is 4.63. The van der Waals surface area contributed by atoms with Crippen molar-refractivity contribution in [3.63, 3.8) is 0 Å². The number of aromatic nitrogens is 3. The first-order valence-corrected chi connectivity index (χ1v) is 5.44. The van der Waals surface area contributed by atoms with Gasteiger partial charge < -0.3 is 5.11 Å². The minimum atomic E-state index is -0.0865. The van der Waals surface area contributed by atoms with E-state index in [1.54, 1.807) is 16.8 Å². The SMILES string of the molecule is CCc1c(CO)nnn1-c1ccc(Cl)cc1. The number of benzene rings is 1. The Morgan fingerprint density at radius 2 is 2.00 bits per heavy atom. The maximum absolute atomic E-state index is 9.12. The molecule has 0 bridgehead atoms. The van der Waals surface area contributed by atoms with Gasteiger partial charge in [-0.25, -0.2) is 4.68 Å². The summed E-state index contributed by atoms with van der Waals surface area (Å²) in [5.74, 6) is 0. The minimum Gasteiger partial charge on any atom is -0.390 e. The second-order valence-corrected chi connectivity index (χ2v) is 3.82. The highest BCUT2D eigenvalue weighted by Gasteiger charge is 2.11. The van der Waals surface area contributed by atoms with Crippen molar-refractivity contribution in [2.75, 3.05) is 0 Å². The van der Waals surface area contributed by atoms with Crippen molar-refractivity contribution in [3.05, 3.63) is 40.7 Å². The quantitative estimate of drug-likeness (QED) is 0.888. The Morgan fingerprint density at radius 3 is 2.56 bits per heavy atom. The number of aliphatic hydroxyl groups is 1. The van der Waals surface area contributed by atoms with Gasteiger partial charge in [0.25, 0.3) is 0 Å². The number of nitrogens with zero attached hydrogens (tertiary/aromatic N) is 3. The molecule has 2 rings (SSSR count). The van der Waals surface area contributed by atoms with Crippen LogP contribution in [-0.2, 0) is 13.0 Å². The molecule has 0 unspecified atom stereocenters. The third-order valence-corrected chi connectivity index (χ3v) is 2.65. The molecule has 1 heterocycles. The molecular formula is C11H12ClN3O. The van der Waals surface area contributed by atoms with Gasteiger partial charge in [0.15, 0.2) is 0 Å². The van der Waals surface area contributed by atoms with E-state index in [1.165, 1.54) is 0 Å². The van der Waals surface area contributed by atoms with Gasteiger partial charge >= 0.3 is 0 Å². The van der Waals surface area contributed by atoms with Crippen LogP contribution >= 0.6 is 11.6 Å². The van der Waals surface area contributed by atoms with E-state index < -0.39 is 0 Å². The van der Waals surface area contributed by atoms with E-state index >= 15 is 0 Å². The molecule has 0 aliphatic rings. The highest BCUT2D eigenvalue weighted by atomic mass is 35.5. The standard InChI is InChI=1S/C11H12ClN3O/c1-2-11-10(7-16)13-14-15(11)9-5-3-8(12)4-6-9/h3-6,16H,2,7H2,1H3. The molecule has 0 aliphatic heterocycles. The topological polar surface area (TPSA) is 50.9 Å². The van der Waals surface area contributed by atoms with Gasteiger partial charge in [-0.1, -0.05) is 23.7 Å². The lowest BCUT2D eigenvalue weighted by Crippen LogP contribution is -2.02. The van der Waals surface area contributed by atoms with Crippen molar-refractivity contribution in [1.29, 1.82) is 0 Å². The molecule has 0 saturated heterocycles. The molecule has 0 radical (unpaired) electrons. The highest BCUT2D eigenvalue weighted by Crippen LogP contribution is 2.16. The Morgan fingerprint density at radius 1 is 1.31 bits per heavy atom. The summed E-state index contributed by atoms with van der Waals surface area (Å²) in [6.07, 6.45) is 0.769. The summed E-state index contributed by atoms with van der Waals surface area (Å²) < 4.78 is 1.72. The molecule has 0 saturated carbocycles. The van der Waals surface area contributed by atoms with Crippen LogP contribution in [0.4, 0.5) is 0 Å². The summed E-state index contributed by atoms with van der Waals surface area (Å²) >= 11 is 5.82. The fraction of sp³-hybridized carbons (Fsp3) is 0.273. The van der Waals surface area contributed by atoms with Gasteiger partial charge in [-0.2, -0.15) is 0 Å². The fourth-order valence-electron chi connectivity index (χ4n) is 1.60. The molecule has 0 fully saturated rings. The Labute approximate surface area is 98.5 Å². The van der Waals surface area contributed by atoms with E-state index in [2.05, 4.69) is 10.3 Å². The largest absolute Gasteiger partial charge is 0.390 e. The van der Waals surface area contributed by atoms with E-state index in [9.17, 15) is 0 Å². The predicted octanol–water partition coefficient (Wildman–Crippen LogP) is 1.98. The van der Waals surface area contributed by atoms with Gasteiger partial charge in [-0.15, -0.1) is 5.10 Å².